The van der Waals surface area contributed by atoms with E-state index in [4.69, 9.17) is 9.90 Å². The van der Waals surface area contributed by atoms with E-state index in [9.17, 15) is 0 Å². The van der Waals surface area contributed by atoms with Gasteiger partial charge in [-0.05, 0) is 0 Å². The first kappa shape index (κ1) is 10.2. The van der Waals surface area contributed by atoms with E-state index in [1.165, 1.54) is 23.3 Å². The summed E-state index contributed by atoms with van der Waals surface area (Å²) in [6.45, 7) is 3.26. The van der Waals surface area contributed by atoms with E-state index in [2.05, 4.69) is 6.92 Å². The Morgan fingerprint density at radius 3 is 1.86 bits per heavy atom. The molecule has 0 amide bonds. The molecule has 0 heterocycles. The van der Waals surface area contributed by atoms with Gasteiger partial charge in [-0.2, -0.15) is 0 Å². The predicted molar refractivity (Wildman–Crippen MR) is 23.8 cm³/mol. The van der Waals surface area contributed by atoms with Gasteiger partial charge in [0.1, 0.15) is 0 Å². The molecule has 0 spiro atoms. The van der Waals surface area contributed by atoms with Crippen LogP contribution in [0.2, 0.25) is 5.02 Å². The zero-order chi connectivity index (χ0) is 6.28. The van der Waals surface area contributed by atoms with Crippen molar-refractivity contribution in [2.75, 3.05) is 0 Å². The Balaban J connectivity index is 0. The topological polar surface area (TPSA) is 37.3 Å². The van der Waals surface area contributed by atoms with Gasteiger partial charge in [-0.1, -0.05) is 0 Å². The fourth-order valence-corrected chi connectivity index (χ4v) is 0. The van der Waals surface area contributed by atoms with E-state index in [1.54, 1.807) is 0 Å². The molecule has 0 aliphatic rings. The molecule has 0 bridgehead atoms. The molecule has 0 rings (SSSR count). The van der Waals surface area contributed by atoms with Gasteiger partial charge in [0.05, 0.1) is 0 Å². The molecule has 0 atom stereocenters. The number of rotatable bonds is 0. The molecule has 0 aromatic heterocycles. The SMILES string of the molecule is CC(=O)O.C[CH2][Zn]. The van der Waals surface area contributed by atoms with Crippen molar-refractivity contribution in [2.24, 2.45) is 0 Å². The molecule has 0 aliphatic carbocycles. The molecule has 39 valence electrons. The van der Waals surface area contributed by atoms with Crippen LogP contribution in [0.1, 0.15) is 13.8 Å². The summed E-state index contributed by atoms with van der Waals surface area (Å²) in [5.41, 5.74) is 0. The second kappa shape index (κ2) is 9.43. The van der Waals surface area contributed by atoms with Crippen LogP contribution in [0, 0.1) is 0 Å². The van der Waals surface area contributed by atoms with E-state index in [-0.39, 0.29) is 0 Å². The molecule has 0 saturated heterocycles. The Hall–Kier alpha value is 0.0934. The zero-order valence-corrected chi connectivity index (χ0v) is 7.74. The van der Waals surface area contributed by atoms with Gasteiger partial charge in [-0.15, -0.1) is 0 Å². The summed E-state index contributed by atoms with van der Waals surface area (Å²) in [5, 5.41) is 8.79. The minimum absolute atomic E-state index is 0.833. The molecule has 3 heteroatoms. The van der Waals surface area contributed by atoms with Crippen LogP contribution in [0.25, 0.3) is 0 Å². The normalized spacial score (nSPS) is 6.29. The van der Waals surface area contributed by atoms with Crippen LogP contribution in [-0.2, 0) is 23.1 Å². The van der Waals surface area contributed by atoms with E-state index in [0.29, 0.717) is 0 Å². The standard InChI is InChI=1S/C2H4O2.C2H5.Zn/c1-2(3)4;1-2;/h1H3,(H,3,4);1H2,2H3;. The monoisotopic (exact) mass is 153 g/mol. The maximum absolute atomic E-state index is 9.00. The van der Waals surface area contributed by atoms with Crippen molar-refractivity contribution in [3.05, 3.63) is 0 Å². The molecule has 0 aromatic carbocycles. The van der Waals surface area contributed by atoms with Crippen LogP contribution >= 0.6 is 0 Å². The summed E-state index contributed by atoms with van der Waals surface area (Å²) in [7, 11) is 0. The molecule has 0 saturated carbocycles. The van der Waals surface area contributed by atoms with Crippen molar-refractivity contribution in [1.82, 2.24) is 0 Å². The number of hydrogen-bond donors (Lipinski definition) is 1. The number of carbonyl (C=O) groups is 1. The van der Waals surface area contributed by atoms with Gasteiger partial charge in [0.2, 0.25) is 0 Å². The van der Waals surface area contributed by atoms with Gasteiger partial charge in [0.25, 0.3) is 5.97 Å². The van der Waals surface area contributed by atoms with Crippen LogP contribution in [0.15, 0.2) is 0 Å². The summed E-state index contributed by atoms with van der Waals surface area (Å²) >= 11 is 1.44. The minimum atomic E-state index is -0.833. The molecule has 7 heavy (non-hydrogen) atoms. The van der Waals surface area contributed by atoms with Crippen molar-refractivity contribution in [2.45, 2.75) is 18.9 Å². The third kappa shape index (κ3) is 11700. The predicted octanol–water partition coefficient (Wildman–Crippen LogP) is 1.06. The third-order valence-electron chi connectivity index (χ3n) is 0. The molecule has 0 aliphatic heterocycles. The van der Waals surface area contributed by atoms with Gasteiger partial charge < -0.3 is 5.11 Å². The first-order chi connectivity index (χ1) is 3.15. The van der Waals surface area contributed by atoms with Gasteiger partial charge >= 0.3 is 30.2 Å². The molecule has 2 nitrogen and oxygen atoms in total. The Morgan fingerprint density at radius 2 is 1.86 bits per heavy atom. The molecule has 0 unspecified atom stereocenters. The second-order valence-electron chi connectivity index (χ2n) is 1.02. The number of hydrogen-bond acceptors (Lipinski definition) is 1. The molecular weight excluding hydrogens is 145 g/mol. The molecule has 0 aromatic rings. The van der Waals surface area contributed by atoms with E-state index < -0.39 is 5.97 Å². The van der Waals surface area contributed by atoms with Crippen LogP contribution in [-0.4, -0.2) is 11.1 Å². The Labute approximate surface area is 53.6 Å². The first-order valence-electron chi connectivity index (χ1n) is 2.13. The summed E-state index contributed by atoms with van der Waals surface area (Å²) in [4.78, 5) is 9.00. The average Bonchev–Trinajstić information content (AvgIpc) is 1.33. The Kier molecular flexibility index (Phi) is 13.7. The molecular formula is C4H9O2Zn. The summed E-state index contributed by atoms with van der Waals surface area (Å²) in [6.07, 6.45) is 0. The fourth-order valence-electron chi connectivity index (χ4n) is 0. The fraction of sp³-hybridized carbons (Fsp3) is 0.750. The number of carboxylic acid groups (broad SMARTS) is 1. The van der Waals surface area contributed by atoms with Crippen molar-refractivity contribution in [3.8, 4) is 0 Å². The zero-order valence-electron chi connectivity index (χ0n) is 4.77. The Morgan fingerprint density at radius 1 is 1.86 bits per heavy atom. The second-order valence-corrected chi connectivity index (χ2v) is 3.12. The van der Waals surface area contributed by atoms with E-state index in [1.807, 2.05) is 0 Å². The molecule has 0 fully saturated rings. The van der Waals surface area contributed by atoms with Crippen LogP contribution in [0.4, 0.5) is 0 Å². The average molecular weight is 155 g/mol. The van der Waals surface area contributed by atoms with Gasteiger partial charge in [-0.3, -0.25) is 4.79 Å². The number of aliphatic carboxylic acids is 1. The summed E-state index contributed by atoms with van der Waals surface area (Å²) in [5.74, 6) is -0.833. The third-order valence-corrected chi connectivity index (χ3v) is 0. The summed E-state index contributed by atoms with van der Waals surface area (Å²) in [6, 6.07) is 0. The molecule has 1 N–H and O–H groups in total. The van der Waals surface area contributed by atoms with Crippen LogP contribution < -0.4 is 0 Å². The van der Waals surface area contributed by atoms with Gasteiger partial charge in [-0.25, -0.2) is 0 Å². The van der Waals surface area contributed by atoms with Crippen LogP contribution in [0.3, 0.4) is 0 Å². The van der Waals surface area contributed by atoms with Crippen molar-refractivity contribution in [1.29, 1.82) is 0 Å². The quantitative estimate of drug-likeness (QED) is 0.530. The van der Waals surface area contributed by atoms with Crippen LogP contribution in [0.5, 0.6) is 0 Å². The summed E-state index contributed by atoms with van der Waals surface area (Å²) < 4.78 is 0. The van der Waals surface area contributed by atoms with Crippen molar-refractivity contribution in [3.63, 3.8) is 0 Å². The van der Waals surface area contributed by atoms with Gasteiger partial charge in [0.15, 0.2) is 0 Å². The first-order valence-corrected chi connectivity index (χ1v) is 4.23. The van der Waals surface area contributed by atoms with E-state index in [0.717, 1.165) is 6.92 Å². The maximum atomic E-state index is 9.00. The van der Waals surface area contributed by atoms with Gasteiger partial charge in [0, 0.05) is 6.92 Å². The van der Waals surface area contributed by atoms with Crippen molar-refractivity contribution >= 4 is 5.97 Å². The van der Waals surface area contributed by atoms with Crippen molar-refractivity contribution < 1.29 is 28.2 Å². The van der Waals surface area contributed by atoms with E-state index >= 15 is 0 Å². The molecule has 0 radical (unpaired) electrons. The number of carboxylic acids is 1. The Bertz CT molecular complexity index is 41.0.